The number of likely N-dealkylation sites (tertiary alicyclic amines) is 1. The summed E-state index contributed by atoms with van der Waals surface area (Å²) in [6.45, 7) is 2.15. The van der Waals surface area contributed by atoms with Crippen LogP contribution in [0.3, 0.4) is 0 Å². The van der Waals surface area contributed by atoms with Gasteiger partial charge in [-0.25, -0.2) is 0 Å². The number of hydrogen-bond acceptors (Lipinski definition) is 2. The van der Waals surface area contributed by atoms with Crippen LogP contribution in [-0.2, 0) is 16.1 Å². The zero-order valence-electron chi connectivity index (χ0n) is 11.3. The highest BCUT2D eigenvalue weighted by molar-refractivity contribution is 5.96. The molecule has 4 heteroatoms. The molecular weight excluding hydrogens is 240 g/mol. The topological polar surface area (TPSA) is 40.6 Å². The third-order valence-electron chi connectivity index (χ3n) is 3.45. The SMILES string of the molecule is CN(Cc1ccccc1)C(=O)CC(=O)N1CCCC1. The monoisotopic (exact) mass is 260 g/mol. The molecule has 19 heavy (non-hydrogen) atoms. The van der Waals surface area contributed by atoms with E-state index in [-0.39, 0.29) is 18.2 Å². The maximum Gasteiger partial charge on any atom is 0.232 e. The van der Waals surface area contributed by atoms with Crippen LogP contribution in [0, 0.1) is 0 Å². The van der Waals surface area contributed by atoms with E-state index < -0.39 is 0 Å². The van der Waals surface area contributed by atoms with Crippen LogP contribution < -0.4 is 0 Å². The molecule has 1 aliphatic rings. The molecule has 1 aromatic rings. The summed E-state index contributed by atoms with van der Waals surface area (Å²) in [5.41, 5.74) is 1.08. The van der Waals surface area contributed by atoms with E-state index in [1.807, 2.05) is 30.3 Å². The molecule has 0 saturated carbocycles. The van der Waals surface area contributed by atoms with Gasteiger partial charge in [-0.15, -0.1) is 0 Å². The van der Waals surface area contributed by atoms with E-state index in [2.05, 4.69) is 0 Å². The van der Waals surface area contributed by atoms with Crippen molar-refractivity contribution < 1.29 is 9.59 Å². The minimum Gasteiger partial charge on any atom is -0.342 e. The summed E-state index contributed by atoms with van der Waals surface area (Å²) in [6, 6.07) is 9.80. The molecule has 0 bridgehead atoms. The van der Waals surface area contributed by atoms with Crippen molar-refractivity contribution in [3.8, 4) is 0 Å². The highest BCUT2D eigenvalue weighted by atomic mass is 16.2. The Bertz CT molecular complexity index is 439. The van der Waals surface area contributed by atoms with E-state index in [1.54, 1.807) is 16.8 Å². The molecule has 0 aromatic heterocycles. The summed E-state index contributed by atoms with van der Waals surface area (Å²) in [5.74, 6) is -0.150. The molecule has 0 radical (unpaired) electrons. The van der Waals surface area contributed by atoms with Crippen LogP contribution in [0.5, 0.6) is 0 Å². The molecule has 0 atom stereocenters. The highest BCUT2D eigenvalue weighted by Gasteiger charge is 2.21. The van der Waals surface area contributed by atoms with Gasteiger partial charge in [0.25, 0.3) is 0 Å². The van der Waals surface area contributed by atoms with E-state index in [0.717, 1.165) is 31.5 Å². The molecule has 2 amide bonds. The molecule has 4 nitrogen and oxygen atoms in total. The van der Waals surface area contributed by atoms with E-state index in [0.29, 0.717) is 6.54 Å². The quantitative estimate of drug-likeness (QED) is 0.772. The summed E-state index contributed by atoms with van der Waals surface area (Å²) in [5, 5.41) is 0. The molecule has 1 saturated heterocycles. The lowest BCUT2D eigenvalue weighted by atomic mass is 10.2. The van der Waals surface area contributed by atoms with E-state index in [1.165, 1.54) is 0 Å². The predicted octanol–water partition coefficient (Wildman–Crippen LogP) is 1.66. The van der Waals surface area contributed by atoms with Crippen LogP contribution >= 0.6 is 0 Å². The fourth-order valence-electron chi connectivity index (χ4n) is 2.29. The summed E-state index contributed by atoms with van der Waals surface area (Å²) in [4.78, 5) is 27.3. The van der Waals surface area contributed by atoms with Crippen LogP contribution in [0.15, 0.2) is 30.3 Å². The average molecular weight is 260 g/mol. The fraction of sp³-hybridized carbons (Fsp3) is 0.467. The van der Waals surface area contributed by atoms with Crippen molar-refractivity contribution in [1.82, 2.24) is 9.80 Å². The number of carbonyl (C=O) groups excluding carboxylic acids is 2. The number of hydrogen-bond donors (Lipinski definition) is 0. The molecule has 1 fully saturated rings. The second kappa shape index (κ2) is 6.36. The van der Waals surface area contributed by atoms with Crippen molar-refractivity contribution in [3.05, 3.63) is 35.9 Å². The van der Waals surface area contributed by atoms with Crippen LogP contribution in [0.2, 0.25) is 0 Å². The maximum atomic E-state index is 12.0. The fourth-order valence-corrected chi connectivity index (χ4v) is 2.29. The Morgan fingerprint density at radius 2 is 1.79 bits per heavy atom. The first-order valence-corrected chi connectivity index (χ1v) is 6.72. The average Bonchev–Trinajstić information content (AvgIpc) is 2.93. The molecule has 0 N–H and O–H groups in total. The maximum absolute atomic E-state index is 12.0. The van der Waals surface area contributed by atoms with E-state index >= 15 is 0 Å². The number of amides is 2. The van der Waals surface area contributed by atoms with Gasteiger partial charge in [-0.05, 0) is 18.4 Å². The summed E-state index contributed by atoms with van der Waals surface area (Å²) >= 11 is 0. The number of carbonyl (C=O) groups is 2. The number of benzene rings is 1. The second-order valence-electron chi connectivity index (χ2n) is 5.00. The standard InChI is InChI=1S/C15H20N2O2/c1-16(12-13-7-3-2-4-8-13)14(18)11-15(19)17-9-5-6-10-17/h2-4,7-8H,5-6,9-12H2,1H3. The first-order chi connectivity index (χ1) is 9.16. The van der Waals surface area contributed by atoms with Gasteiger partial charge in [0.2, 0.25) is 11.8 Å². The van der Waals surface area contributed by atoms with Crippen molar-refractivity contribution in [2.45, 2.75) is 25.8 Å². The Balaban J connectivity index is 1.83. The van der Waals surface area contributed by atoms with Gasteiger partial charge in [0.1, 0.15) is 6.42 Å². The zero-order chi connectivity index (χ0) is 13.7. The van der Waals surface area contributed by atoms with Crippen molar-refractivity contribution in [3.63, 3.8) is 0 Å². The molecule has 1 heterocycles. The van der Waals surface area contributed by atoms with Crippen LogP contribution in [0.25, 0.3) is 0 Å². The lowest BCUT2D eigenvalue weighted by Crippen LogP contribution is -2.34. The molecule has 0 aliphatic carbocycles. The minimum absolute atomic E-state index is 0.0106. The highest BCUT2D eigenvalue weighted by Crippen LogP contribution is 2.10. The first-order valence-electron chi connectivity index (χ1n) is 6.72. The summed E-state index contributed by atoms with van der Waals surface area (Å²) in [6.07, 6.45) is 2.10. The molecule has 0 spiro atoms. The third-order valence-corrected chi connectivity index (χ3v) is 3.45. The number of nitrogens with zero attached hydrogens (tertiary/aromatic N) is 2. The predicted molar refractivity (Wildman–Crippen MR) is 73.3 cm³/mol. The molecule has 2 rings (SSSR count). The van der Waals surface area contributed by atoms with Gasteiger partial charge in [-0.3, -0.25) is 9.59 Å². The Kier molecular flexibility index (Phi) is 4.55. The van der Waals surface area contributed by atoms with Crippen molar-refractivity contribution in [2.24, 2.45) is 0 Å². The second-order valence-corrected chi connectivity index (χ2v) is 5.00. The smallest absolute Gasteiger partial charge is 0.232 e. The lowest BCUT2D eigenvalue weighted by molar-refractivity contribution is -0.139. The zero-order valence-corrected chi connectivity index (χ0v) is 11.3. The Morgan fingerprint density at radius 1 is 1.16 bits per heavy atom. The van der Waals surface area contributed by atoms with Crippen LogP contribution in [0.1, 0.15) is 24.8 Å². The van der Waals surface area contributed by atoms with Crippen LogP contribution in [-0.4, -0.2) is 41.8 Å². The number of rotatable bonds is 4. The third kappa shape index (κ3) is 3.81. The van der Waals surface area contributed by atoms with Gasteiger partial charge < -0.3 is 9.80 Å². The Hall–Kier alpha value is -1.84. The molecule has 0 unspecified atom stereocenters. The van der Waals surface area contributed by atoms with E-state index in [4.69, 9.17) is 0 Å². The van der Waals surface area contributed by atoms with E-state index in [9.17, 15) is 9.59 Å². The van der Waals surface area contributed by atoms with Crippen molar-refractivity contribution in [1.29, 1.82) is 0 Å². The molecule has 1 aromatic carbocycles. The van der Waals surface area contributed by atoms with Crippen molar-refractivity contribution in [2.75, 3.05) is 20.1 Å². The van der Waals surface area contributed by atoms with Crippen molar-refractivity contribution >= 4 is 11.8 Å². The van der Waals surface area contributed by atoms with Gasteiger partial charge in [-0.2, -0.15) is 0 Å². The minimum atomic E-state index is -0.110. The van der Waals surface area contributed by atoms with Gasteiger partial charge in [-0.1, -0.05) is 30.3 Å². The normalized spacial score (nSPS) is 14.5. The van der Waals surface area contributed by atoms with Gasteiger partial charge in [0.05, 0.1) is 0 Å². The van der Waals surface area contributed by atoms with Gasteiger partial charge in [0, 0.05) is 26.7 Å². The molecule has 1 aliphatic heterocycles. The molecular formula is C15H20N2O2. The first kappa shape index (κ1) is 13.6. The van der Waals surface area contributed by atoms with Gasteiger partial charge >= 0.3 is 0 Å². The lowest BCUT2D eigenvalue weighted by Gasteiger charge is -2.20. The van der Waals surface area contributed by atoms with Crippen LogP contribution in [0.4, 0.5) is 0 Å². The Labute approximate surface area is 114 Å². The molecule has 102 valence electrons. The Morgan fingerprint density at radius 3 is 2.42 bits per heavy atom. The van der Waals surface area contributed by atoms with Gasteiger partial charge in [0.15, 0.2) is 0 Å². The largest absolute Gasteiger partial charge is 0.342 e. The summed E-state index contributed by atoms with van der Waals surface area (Å²) < 4.78 is 0. The summed E-state index contributed by atoms with van der Waals surface area (Å²) in [7, 11) is 1.74.